The van der Waals surface area contributed by atoms with Crippen LogP contribution in [0, 0.1) is 6.92 Å². The van der Waals surface area contributed by atoms with Gasteiger partial charge in [-0.15, -0.1) is 11.3 Å². The molecule has 0 N–H and O–H groups in total. The molecule has 0 aliphatic heterocycles. The molecular weight excluding hydrogens is 410 g/mol. The zero-order chi connectivity index (χ0) is 22.0. The summed E-state index contributed by atoms with van der Waals surface area (Å²) in [7, 11) is 1.63. The Morgan fingerprint density at radius 3 is 2.42 bits per heavy atom. The summed E-state index contributed by atoms with van der Waals surface area (Å²) in [5.41, 5.74) is 2.73. The van der Waals surface area contributed by atoms with Gasteiger partial charge in [-0.2, -0.15) is 0 Å². The molecule has 0 atom stereocenters. The third-order valence-electron chi connectivity index (χ3n) is 5.19. The molecule has 158 valence electrons. The molecule has 5 nitrogen and oxygen atoms in total. The highest BCUT2D eigenvalue weighted by atomic mass is 32.1. The second kappa shape index (κ2) is 8.78. The molecule has 0 radical (unpaired) electrons. The number of ether oxygens (including phenoxy) is 2. The van der Waals surface area contributed by atoms with E-state index in [2.05, 4.69) is 0 Å². The van der Waals surface area contributed by atoms with Gasteiger partial charge in [0, 0.05) is 17.6 Å². The Morgan fingerprint density at radius 2 is 1.77 bits per heavy atom. The molecule has 31 heavy (non-hydrogen) atoms. The van der Waals surface area contributed by atoms with E-state index < -0.39 is 5.97 Å². The van der Waals surface area contributed by atoms with Crippen LogP contribution < -0.4 is 10.2 Å². The number of hydrogen-bond acceptors (Lipinski definition) is 5. The van der Waals surface area contributed by atoms with Crippen LogP contribution in [0.4, 0.5) is 0 Å². The summed E-state index contributed by atoms with van der Waals surface area (Å²) in [5.74, 6) is 0.184. The van der Waals surface area contributed by atoms with Crippen molar-refractivity contribution in [3.05, 3.63) is 87.7 Å². The maximum Gasteiger partial charge on any atom is 0.343 e. The van der Waals surface area contributed by atoms with Crippen LogP contribution in [-0.2, 0) is 11.3 Å². The summed E-state index contributed by atoms with van der Waals surface area (Å²) in [4.78, 5) is 27.7. The van der Waals surface area contributed by atoms with Crippen LogP contribution in [0.1, 0.15) is 28.4 Å². The van der Waals surface area contributed by atoms with Crippen LogP contribution in [-0.4, -0.2) is 24.3 Å². The molecule has 0 fully saturated rings. The molecule has 0 spiro atoms. The Labute approximate surface area is 184 Å². The van der Waals surface area contributed by atoms with Crippen molar-refractivity contribution in [3.63, 3.8) is 0 Å². The van der Waals surface area contributed by atoms with E-state index in [9.17, 15) is 9.59 Å². The zero-order valence-electron chi connectivity index (χ0n) is 17.7. The highest BCUT2D eigenvalue weighted by molar-refractivity contribution is 7.22. The molecule has 6 heteroatoms. The Kier molecular flexibility index (Phi) is 5.91. The predicted octanol–water partition coefficient (Wildman–Crippen LogP) is 5.27. The van der Waals surface area contributed by atoms with Gasteiger partial charge in [-0.25, -0.2) is 4.79 Å². The second-order valence-corrected chi connectivity index (χ2v) is 8.17. The maximum absolute atomic E-state index is 13.3. The van der Waals surface area contributed by atoms with E-state index in [0.717, 1.165) is 32.1 Å². The molecule has 2 aromatic carbocycles. The predicted molar refractivity (Wildman–Crippen MR) is 124 cm³/mol. The molecule has 0 bridgehead atoms. The van der Waals surface area contributed by atoms with Crippen molar-refractivity contribution >= 4 is 27.5 Å². The van der Waals surface area contributed by atoms with Crippen LogP contribution in [0.15, 0.2) is 65.6 Å². The van der Waals surface area contributed by atoms with Crippen LogP contribution >= 0.6 is 11.3 Å². The van der Waals surface area contributed by atoms with Crippen LogP contribution in [0.3, 0.4) is 0 Å². The van der Waals surface area contributed by atoms with Crippen LogP contribution in [0.25, 0.3) is 20.7 Å². The number of nitrogens with zero attached hydrogens (tertiary/aromatic N) is 1. The number of carbonyl (C=O) groups is 1. The average molecular weight is 434 g/mol. The van der Waals surface area contributed by atoms with Gasteiger partial charge in [0.2, 0.25) is 5.43 Å². The summed E-state index contributed by atoms with van der Waals surface area (Å²) in [6.07, 6.45) is 1.63. The first-order valence-electron chi connectivity index (χ1n) is 10.1. The van der Waals surface area contributed by atoms with Crippen molar-refractivity contribution < 1.29 is 14.3 Å². The monoisotopic (exact) mass is 433 g/mol. The molecule has 2 heterocycles. The molecule has 4 aromatic rings. The molecule has 0 amide bonds. The van der Waals surface area contributed by atoms with Gasteiger partial charge in [-0.3, -0.25) is 4.79 Å². The van der Waals surface area contributed by atoms with E-state index in [4.69, 9.17) is 9.47 Å². The smallest absolute Gasteiger partial charge is 0.343 e. The molecular formula is C25H23NO4S. The number of rotatable bonds is 6. The Hall–Kier alpha value is -3.38. The first-order valence-corrected chi connectivity index (χ1v) is 10.9. The summed E-state index contributed by atoms with van der Waals surface area (Å²) in [6.45, 7) is 4.43. The number of thiophene rings is 1. The third kappa shape index (κ3) is 3.99. The van der Waals surface area contributed by atoms with Crippen molar-refractivity contribution in [1.29, 1.82) is 0 Å². The number of aromatic nitrogens is 1. The first-order chi connectivity index (χ1) is 15.0. The van der Waals surface area contributed by atoms with Crippen molar-refractivity contribution in [2.24, 2.45) is 0 Å². The Bertz CT molecular complexity index is 1290. The summed E-state index contributed by atoms with van der Waals surface area (Å²) in [5, 5.41) is 0.567. The van der Waals surface area contributed by atoms with Gasteiger partial charge in [0.1, 0.15) is 16.1 Å². The number of pyridine rings is 1. The molecule has 0 aliphatic rings. The SMILES string of the molecule is CCOC(=O)c1cn(Cc2ccccc2)c2sc(-c3ccc(OC)cc3)c(C)c2c1=O. The van der Waals surface area contributed by atoms with Gasteiger partial charge in [0.25, 0.3) is 0 Å². The first kappa shape index (κ1) is 20.9. The maximum atomic E-state index is 13.3. The molecule has 0 saturated heterocycles. The number of benzene rings is 2. The van der Waals surface area contributed by atoms with Crippen molar-refractivity contribution in [1.82, 2.24) is 4.57 Å². The lowest BCUT2D eigenvalue weighted by Gasteiger charge is -2.11. The van der Waals surface area contributed by atoms with E-state index in [0.29, 0.717) is 11.9 Å². The number of hydrogen-bond donors (Lipinski definition) is 0. The molecule has 0 aliphatic carbocycles. The minimum absolute atomic E-state index is 0.0625. The van der Waals surface area contributed by atoms with E-state index in [1.165, 1.54) is 0 Å². The van der Waals surface area contributed by atoms with E-state index in [-0.39, 0.29) is 17.6 Å². The lowest BCUT2D eigenvalue weighted by Crippen LogP contribution is -2.20. The minimum atomic E-state index is -0.590. The van der Waals surface area contributed by atoms with E-state index >= 15 is 0 Å². The van der Waals surface area contributed by atoms with Gasteiger partial charge < -0.3 is 14.0 Å². The lowest BCUT2D eigenvalue weighted by atomic mass is 10.1. The zero-order valence-corrected chi connectivity index (χ0v) is 18.5. The largest absolute Gasteiger partial charge is 0.497 e. The molecule has 2 aromatic heterocycles. The Balaban J connectivity index is 1.94. The van der Waals surface area contributed by atoms with Crippen molar-refractivity contribution in [2.45, 2.75) is 20.4 Å². The number of aryl methyl sites for hydroxylation is 1. The standard InChI is InChI=1S/C25H23NO4S/c1-4-30-25(28)20-15-26(14-17-8-6-5-7-9-17)24-21(22(20)27)16(2)23(31-24)18-10-12-19(29-3)13-11-18/h5-13,15H,4,14H2,1-3H3. The topological polar surface area (TPSA) is 57.5 Å². The van der Waals surface area contributed by atoms with E-state index in [1.807, 2.05) is 66.1 Å². The van der Waals surface area contributed by atoms with Gasteiger partial charge in [-0.1, -0.05) is 30.3 Å². The van der Waals surface area contributed by atoms with Gasteiger partial charge in [0.05, 0.1) is 19.1 Å². The highest BCUT2D eigenvalue weighted by Crippen LogP contribution is 2.37. The lowest BCUT2D eigenvalue weighted by molar-refractivity contribution is 0.0524. The van der Waals surface area contributed by atoms with E-state index in [1.54, 1.807) is 31.6 Å². The fourth-order valence-corrected chi connectivity index (χ4v) is 4.93. The van der Waals surface area contributed by atoms with Crippen molar-refractivity contribution in [2.75, 3.05) is 13.7 Å². The Morgan fingerprint density at radius 1 is 1.06 bits per heavy atom. The molecule has 0 saturated carbocycles. The van der Waals surface area contributed by atoms with Crippen LogP contribution in [0.5, 0.6) is 5.75 Å². The number of carbonyl (C=O) groups excluding carboxylic acids is 1. The summed E-state index contributed by atoms with van der Waals surface area (Å²) in [6, 6.07) is 17.7. The number of esters is 1. The number of fused-ring (bicyclic) bond motifs is 1. The fourth-order valence-electron chi connectivity index (χ4n) is 3.65. The highest BCUT2D eigenvalue weighted by Gasteiger charge is 2.22. The van der Waals surface area contributed by atoms with Crippen LogP contribution in [0.2, 0.25) is 0 Å². The number of methoxy groups -OCH3 is 1. The summed E-state index contributed by atoms with van der Waals surface area (Å²) < 4.78 is 12.4. The fraction of sp³-hybridized carbons (Fsp3) is 0.200. The van der Waals surface area contributed by atoms with Gasteiger partial charge in [-0.05, 0) is 54.8 Å². The molecule has 0 unspecified atom stereocenters. The summed E-state index contributed by atoms with van der Waals surface area (Å²) >= 11 is 1.55. The minimum Gasteiger partial charge on any atom is -0.497 e. The second-order valence-electron chi connectivity index (χ2n) is 7.17. The average Bonchev–Trinajstić information content (AvgIpc) is 3.14. The normalized spacial score (nSPS) is 10.9. The molecule has 4 rings (SSSR count). The third-order valence-corrected chi connectivity index (χ3v) is 6.57. The van der Waals surface area contributed by atoms with Gasteiger partial charge >= 0.3 is 5.97 Å². The van der Waals surface area contributed by atoms with Gasteiger partial charge in [0.15, 0.2) is 0 Å². The van der Waals surface area contributed by atoms with Crippen molar-refractivity contribution in [3.8, 4) is 16.2 Å². The quantitative estimate of drug-likeness (QED) is 0.389.